The van der Waals surface area contributed by atoms with Crippen LogP contribution in [0.3, 0.4) is 0 Å². The molecule has 0 unspecified atom stereocenters. The molecule has 1 amide bonds. The van der Waals surface area contributed by atoms with Crippen LogP contribution in [0.5, 0.6) is 0 Å². The van der Waals surface area contributed by atoms with Crippen LogP contribution in [0.2, 0.25) is 0 Å². The number of thiazole rings is 1. The molecule has 1 aromatic heterocycles. The second-order valence-electron chi connectivity index (χ2n) is 7.00. The molecular formula is C20H30ClN3OS. The highest BCUT2D eigenvalue weighted by atomic mass is 35.5. The SMILES string of the molecule is CCN(CC)CCN(C(=O)C1CCC1)c1nc2c(C)c(C)ccc2s1.Cl. The summed E-state index contributed by atoms with van der Waals surface area (Å²) < 4.78 is 1.17. The minimum atomic E-state index is 0. The monoisotopic (exact) mass is 395 g/mol. The second-order valence-corrected chi connectivity index (χ2v) is 8.00. The first-order valence-electron chi connectivity index (χ1n) is 9.45. The molecule has 0 bridgehead atoms. The Morgan fingerprint density at radius 2 is 1.88 bits per heavy atom. The minimum absolute atomic E-state index is 0. The lowest BCUT2D eigenvalue weighted by Gasteiger charge is -2.31. The van der Waals surface area contributed by atoms with E-state index in [1.54, 1.807) is 11.3 Å². The maximum Gasteiger partial charge on any atom is 0.231 e. The van der Waals surface area contributed by atoms with E-state index in [2.05, 4.69) is 44.7 Å². The number of carbonyl (C=O) groups excluding carboxylic acids is 1. The number of benzene rings is 1. The number of amides is 1. The average molecular weight is 396 g/mol. The highest BCUT2D eigenvalue weighted by molar-refractivity contribution is 7.22. The summed E-state index contributed by atoms with van der Waals surface area (Å²) in [6, 6.07) is 4.28. The van der Waals surface area contributed by atoms with Crippen LogP contribution in [0.4, 0.5) is 5.13 Å². The van der Waals surface area contributed by atoms with E-state index >= 15 is 0 Å². The van der Waals surface area contributed by atoms with Gasteiger partial charge in [-0.15, -0.1) is 12.4 Å². The Bertz CT molecular complexity index is 753. The van der Waals surface area contributed by atoms with Crippen LogP contribution < -0.4 is 4.90 Å². The number of halogens is 1. The molecule has 6 heteroatoms. The number of rotatable bonds is 7. The molecule has 3 rings (SSSR count). The van der Waals surface area contributed by atoms with E-state index in [1.165, 1.54) is 22.2 Å². The predicted octanol–water partition coefficient (Wildman–Crippen LogP) is 4.81. The van der Waals surface area contributed by atoms with Gasteiger partial charge in [-0.25, -0.2) is 4.98 Å². The van der Waals surface area contributed by atoms with Crippen LogP contribution in [0, 0.1) is 19.8 Å². The standard InChI is InChI=1S/C20H29N3OS.ClH/c1-5-22(6-2)12-13-23(19(24)16-8-7-9-16)20-21-18-15(4)14(3)10-11-17(18)25-20;/h10-11,16H,5-9,12-13H2,1-4H3;1H. The summed E-state index contributed by atoms with van der Waals surface area (Å²) in [5.41, 5.74) is 3.53. The normalized spacial score (nSPS) is 14.3. The predicted molar refractivity (Wildman–Crippen MR) is 114 cm³/mol. The van der Waals surface area contributed by atoms with Crippen molar-refractivity contribution in [1.82, 2.24) is 9.88 Å². The molecule has 1 aromatic carbocycles. The van der Waals surface area contributed by atoms with Crippen molar-refractivity contribution in [2.75, 3.05) is 31.1 Å². The lowest BCUT2D eigenvalue weighted by atomic mass is 9.84. The Balaban J connectivity index is 0.00000243. The fraction of sp³-hybridized carbons (Fsp3) is 0.600. The summed E-state index contributed by atoms with van der Waals surface area (Å²) in [6.07, 6.45) is 3.24. The van der Waals surface area contributed by atoms with Crippen LogP contribution in [0.25, 0.3) is 10.2 Å². The first-order chi connectivity index (χ1) is 12.0. The fourth-order valence-corrected chi connectivity index (χ4v) is 4.34. The van der Waals surface area contributed by atoms with Gasteiger partial charge in [0.2, 0.25) is 5.91 Å². The highest BCUT2D eigenvalue weighted by Crippen LogP contribution is 2.35. The Morgan fingerprint density at radius 3 is 2.46 bits per heavy atom. The maximum atomic E-state index is 13.0. The van der Waals surface area contributed by atoms with E-state index in [-0.39, 0.29) is 24.2 Å². The minimum Gasteiger partial charge on any atom is -0.302 e. The number of anilines is 1. The van der Waals surface area contributed by atoms with Crippen LogP contribution in [-0.4, -0.2) is 42.0 Å². The van der Waals surface area contributed by atoms with Crippen molar-refractivity contribution in [3.05, 3.63) is 23.3 Å². The summed E-state index contributed by atoms with van der Waals surface area (Å²) in [7, 11) is 0. The molecule has 4 nitrogen and oxygen atoms in total. The lowest BCUT2D eigenvalue weighted by Crippen LogP contribution is -2.43. The van der Waals surface area contributed by atoms with E-state index < -0.39 is 0 Å². The Hall–Kier alpha value is -1.17. The van der Waals surface area contributed by atoms with Gasteiger partial charge in [-0.3, -0.25) is 9.69 Å². The van der Waals surface area contributed by atoms with Gasteiger partial charge in [0.05, 0.1) is 10.2 Å². The zero-order valence-corrected chi connectivity index (χ0v) is 17.9. The molecule has 1 fully saturated rings. The van der Waals surface area contributed by atoms with Gasteiger partial charge in [0.25, 0.3) is 0 Å². The van der Waals surface area contributed by atoms with Crippen molar-refractivity contribution in [2.24, 2.45) is 5.92 Å². The molecule has 0 aliphatic heterocycles. The zero-order chi connectivity index (χ0) is 18.0. The van der Waals surface area contributed by atoms with Gasteiger partial charge in [0, 0.05) is 19.0 Å². The van der Waals surface area contributed by atoms with Crippen LogP contribution in [0.15, 0.2) is 12.1 Å². The highest BCUT2D eigenvalue weighted by Gasteiger charge is 2.31. The van der Waals surface area contributed by atoms with Crippen molar-refractivity contribution >= 4 is 45.0 Å². The summed E-state index contributed by atoms with van der Waals surface area (Å²) in [5.74, 6) is 0.471. The van der Waals surface area contributed by atoms with Gasteiger partial charge in [-0.2, -0.15) is 0 Å². The van der Waals surface area contributed by atoms with Gasteiger partial charge in [0.1, 0.15) is 0 Å². The average Bonchev–Trinajstić information content (AvgIpc) is 2.98. The summed E-state index contributed by atoms with van der Waals surface area (Å²) in [6.45, 7) is 12.2. The van der Waals surface area contributed by atoms with Crippen molar-refractivity contribution in [1.29, 1.82) is 0 Å². The van der Waals surface area contributed by atoms with Gasteiger partial charge in [-0.1, -0.05) is 37.7 Å². The summed E-state index contributed by atoms with van der Waals surface area (Å²) >= 11 is 1.65. The van der Waals surface area contributed by atoms with E-state index in [4.69, 9.17) is 4.98 Å². The van der Waals surface area contributed by atoms with E-state index in [0.717, 1.165) is 49.7 Å². The van der Waals surface area contributed by atoms with Crippen molar-refractivity contribution < 1.29 is 4.79 Å². The maximum absolute atomic E-state index is 13.0. The molecule has 1 saturated carbocycles. The van der Waals surface area contributed by atoms with Crippen molar-refractivity contribution in [3.63, 3.8) is 0 Å². The molecule has 2 aromatic rings. The molecule has 0 atom stereocenters. The topological polar surface area (TPSA) is 36.4 Å². The quantitative estimate of drug-likeness (QED) is 0.674. The van der Waals surface area contributed by atoms with Gasteiger partial charge in [0.15, 0.2) is 5.13 Å². The summed E-state index contributed by atoms with van der Waals surface area (Å²) in [4.78, 5) is 22.2. The third-order valence-corrected chi connectivity index (χ3v) is 6.60. The number of carbonyl (C=O) groups is 1. The molecule has 1 aliphatic rings. The molecule has 0 spiro atoms. The number of nitrogens with zero attached hydrogens (tertiary/aromatic N) is 3. The number of aryl methyl sites for hydroxylation is 2. The number of hydrogen-bond acceptors (Lipinski definition) is 4. The van der Waals surface area contributed by atoms with E-state index in [1.807, 2.05) is 4.90 Å². The number of hydrogen-bond donors (Lipinski definition) is 0. The van der Waals surface area contributed by atoms with Gasteiger partial charge in [-0.05, 0) is 57.0 Å². The molecular weight excluding hydrogens is 366 g/mol. The third kappa shape index (κ3) is 4.21. The van der Waals surface area contributed by atoms with Gasteiger partial charge >= 0.3 is 0 Å². The zero-order valence-electron chi connectivity index (χ0n) is 16.2. The lowest BCUT2D eigenvalue weighted by molar-refractivity contribution is -0.124. The molecule has 0 radical (unpaired) electrons. The number of aromatic nitrogens is 1. The fourth-order valence-electron chi connectivity index (χ4n) is 3.29. The second kappa shape index (κ2) is 9.16. The molecule has 144 valence electrons. The van der Waals surface area contributed by atoms with Crippen LogP contribution in [0.1, 0.15) is 44.2 Å². The van der Waals surface area contributed by atoms with Crippen molar-refractivity contribution in [2.45, 2.75) is 47.0 Å². The molecule has 1 aliphatic carbocycles. The Kier molecular flexibility index (Phi) is 7.44. The van der Waals surface area contributed by atoms with Crippen molar-refractivity contribution in [3.8, 4) is 0 Å². The number of fused-ring (bicyclic) bond motifs is 1. The number of likely N-dealkylation sites (N-methyl/N-ethyl adjacent to an activating group) is 1. The van der Waals surface area contributed by atoms with E-state index in [0.29, 0.717) is 0 Å². The van der Waals surface area contributed by atoms with E-state index in [9.17, 15) is 4.79 Å². The molecule has 0 saturated heterocycles. The molecule has 1 heterocycles. The largest absolute Gasteiger partial charge is 0.302 e. The van der Waals surface area contributed by atoms with Crippen LogP contribution in [-0.2, 0) is 4.79 Å². The summed E-state index contributed by atoms with van der Waals surface area (Å²) in [5, 5.41) is 0.868. The van der Waals surface area contributed by atoms with Gasteiger partial charge < -0.3 is 4.90 Å². The smallest absolute Gasteiger partial charge is 0.231 e. The Labute approximate surface area is 167 Å². The first-order valence-corrected chi connectivity index (χ1v) is 10.3. The Morgan fingerprint density at radius 1 is 1.19 bits per heavy atom. The van der Waals surface area contributed by atoms with Crippen LogP contribution >= 0.6 is 23.7 Å². The molecule has 26 heavy (non-hydrogen) atoms. The molecule has 0 N–H and O–H groups in total. The third-order valence-electron chi connectivity index (χ3n) is 5.56. The first kappa shape index (κ1) is 21.1.